The first-order valence-electron chi connectivity index (χ1n) is 10.0. The van der Waals surface area contributed by atoms with Gasteiger partial charge in [-0.2, -0.15) is 0 Å². The lowest BCUT2D eigenvalue weighted by molar-refractivity contribution is -0.140. The maximum absolute atomic E-state index is 12.4. The highest BCUT2D eigenvalue weighted by Crippen LogP contribution is 2.33. The summed E-state index contributed by atoms with van der Waals surface area (Å²) in [5, 5.41) is 0. The van der Waals surface area contributed by atoms with Crippen LogP contribution in [0.3, 0.4) is 0 Å². The predicted molar refractivity (Wildman–Crippen MR) is 100 cm³/mol. The zero-order valence-electron chi connectivity index (χ0n) is 15.6. The third kappa shape index (κ3) is 6.30. The monoisotopic (exact) mass is 330 g/mol. The van der Waals surface area contributed by atoms with Crippen LogP contribution in [0.2, 0.25) is 0 Å². The second-order valence-electron chi connectivity index (χ2n) is 7.38. The van der Waals surface area contributed by atoms with Gasteiger partial charge in [0.25, 0.3) is 0 Å². The molecule has 1 aromatic rings. The lowest BCUT2D eigenvalue weighted by Crippen LogP contribution is -2.25. The summed E-state index contributed by atoms with van der Waals surface area (Å²) in [7, 11) is 0. The molecule has 0 aliphatic heterocycles. The summed E-state index contributed by atoms with van der Waals surface area (Å²) in [5.74, 6) is 1.61. The lowest BCUT2D eigenvalue weighted by atomic mass is 9.80. The van der Waals surface area contributed by atoms with Crippen molar-refractivity contribution in [2.45, 2.75) is 84.5 Å². The summed E-state index contributed by atoms with van der Waals surface area (Å²) in [4.78, 5) is 12.4. The molecule has 0 spiro atoms. The first kappa shape index (κ1) is 19.0. The highest BCUT2D eigenvalue weighted by molar-refractivity contribution is 5.75. The van der Waals surface area contributed by atoms with E-state index in [1.54, 1.807) is 0 Å². The van der Waals surface area contributed by atoms with Gasteiger partial charge in [-0.3, -0.25) is 4.79 Å². The second kappa shape index (κ2) is 10.5. The summed E-state index contributed by atoms with van der Waals surface area (Å²) >= 11 is 0. The number of hydrogen-bond donors (Lipinski definition) is 0. The van der Waals surface area contributed by atoms with Gasteiger partial charge in [-0.1, -0.05) is 58.1 Å². The number of carbonyl (C=O) groups excluding carboxylic acids is 1. The molecular formula is C22H34O2. The van der Waals surface area contributed by atoms with Crippen LogP contribution in [-0.4, -0.2) is 5.97 Å². The smallest absolute Gasteiger partial charge is 0.314 e. The second-order valence-corrected chi connectivity index (χ2v) is 7.38. The first-order chi connectivity index (χ1) is 11.7. The van der Waals surface area contributed by atoms with Crippen LogP contribution in [0.25, 0.3) is 0 Å². The minimum atomic E-state index is -0.0247. The molecule has 1 fully saturated rings. The minimum absolute atomic E-state index is 0.0247. The molecule has 134 valence electrons. The fourth-order valence-corrected chi connectivity index (χ4v) is 3.67. The largest absolute Gasteiger partial charge is 0.426 e. The molecule has 0 heterocycles. The van der Waals surface area contributed by atoms with E-state index in [-0.39, 0.29) is 11.9 Å². The molecule has 2 heteroatoms. The molecule has 1 saturated carbocycles. The number of hydrogen-bond acceptors (Lipinski definition) is 2. The van der Waals surface area contributed by atoms with Crippen LogP contribution in [0.4, 0.5) is 0 Å². The van der Waals surface area contributed by atoms with E-state index >= 15 is 0 Å². The SMILES string of the molecule is CCCCCC1CCC(C(=O)Oc2ccc(CCCC)cc2)CC1. The Morgan fingerprint density at radius 1 is 0.958 bits per heavy atom. The van der Waals surface area contributed by atoms with Gasteiger partial charge in [0.05, 0.1) is 5.92 Å². The molecule has 0 saturated heterocycles. The molecule has 0 unspecified atom stereocenters. The molecule has 24 heavy (non-hydrogen) atoms. The normalized spacial score (nSPS) is 20.8. The van der Waals surface area contributed by atoms with Crippen molar-refractivity contribution in [1.82, 2.24) is 0 Å². The average Bonchev–Trinajstić information content (AvgIpc) is 2.62. The highest BCUT2D eigenvalue weighted by atomic mass is 16.5. The Labute approximate surface area is 148 Å². The zero-order valence-corrected chi connectivity index (χ0v) is 15.6. The minimum Gasteiger partial charge on any atom is -0.426 e. The van der Waals surface area contributed by atoms with Crippen LogP contribution in [0.1, 0.15) is 83.6 Å². The Bertz CT molecular complexity index is 469. The van der Waals surface area contributed by atoms with Gasteiger partial charge in [-0.25, -0.2) is 0 Å². The Morgan fingerprint density at radius 2 is 1.62 bits per heavy atom. The van der Waals surface area contributed by atoms with E-state index in [9.17, 15) is 4.79 Å². The topological polar surface area (TPSA) is 26.3 Å². The van der Waals surface area contributed by atoms with Crippen molar-refractivity contribution in [3.05, 3.63) is 29.8 Å². The van der Waals surface area contributed by atoms with Gasteiger partial charge in [0.15, 0.2) is 0 Å². The molecule has 0 radical (unpaired) electrons. The number of rotatable bonds is 9. The van der Waals surface area contributed by atoms with E-state index in [4.69, 9.17) is 4.74 Å². The van der Waals surface area contributed by atoms with E-state index in [0.29, 0.717) is 5.75 Å². The number of carbonyl (C=O) groups is 1. The highest BCUT2D eigenvalue weighted by Gasteiger charge is 2.27. The van der Waals surface area contributed by atoms with Gasteiger partial charge in [-0.05, 0) is 62.1 Å². The number of benzene rings is 1. The molecule has 0 amide bonds. The number of aryl methyl sites for hydroxylation is 1. The van der Waals surface area contributed by atoms with E-state index in [1.165, 1.54) is 56.9 Å². The Hall–Kier alpha value is -1.31. The summed E-state index contributed by atoms with van der Waals surface area (Å²) in [6, 6.07) is 8.06. The first-order valence-corrected chi connectivity index (χ1v) is 10.0. The average molecular weight is 331 g/mol. The molecular weight excluding hydrogens is 296 g/mol. The van der Waals surface area contributed by atoms with Gasteiger partial charge < -0.3 is 4.74 Å². The van der Waals surface area contributed by atoms with Crippen LogP contribution in [0.5, 0.6) is 5.75 Å². The van der Waals surface area contributed by atoms with E-state index < -0.39 is 0 Å². The summed E-state index contributed by atoms with van der Waals surface area (Å²) in [6.45, 7) is 4.46. The summed E-state index contributed by atoms with van der Waals surface area (Å²) in [6.07, 6.45) is 13.2. The van der Waals surface area contributed by atoms with E-state index in [0.717, 1.165) is 25.2 Å². The quantitative estimate of drug-likeness (QED) is 0.301. The fourth-order valence-electron chi connectivity index (χ4n) is 3.67. The molecule has 1 aliphatic rings. The summed E-state index contributed by atoms with van der Waals surface area (Å²) in [5.41, 5.74) is 1.32. The maximum atomic E-state index is 12.4. The van der Waals surface area contributed by atoms with Crippen LogP contribution in [0.15, 0.2) is 24.3 Å². The number of esters is 1. The van der Waals surface area contributed by atoms with Crippen molar-refractivity contribution in [3.63, 3.8) is 0 Å². The van der Waals surface area contributed by atoms with Crippen molar-refractivity contribution in [3.8, 4) is 5.75 Å². The predicted octanol–water partition coefficient (Wildman–Crippen LogP) is 6.32. The van der Waals surface area contributed by atoms with Crippen molar-refractivity contribution in [2.24, 2.45) is 11.8 Å². The van der Waals surface area contributed by atoms with E-state index in [2.05, 4.69) is 26.0 Å². The Morgan fingerprint density at radius 3 is 2.25 bits per heavy atom. The molecule has 0 N–H and O–H groups in total. The summed E-state index contributed by atoms with van der Waals surface area (Å²) < 4.78 is 5.61. The number of ether oxygens (including phenoxy) is 1. The molecule has 2 rings (SSSR count). The van der Waals surface area contributed by atoms with E-state index in [1.807, 2.05) is 12.1 Å². The van der Waals surface area contributed by atoms with Crippen LogP contribution < -0.4 is 4.74 Å². The standard InChI is InChI=1S/C22H34O2/c1-3-5-7-9-19-10-14-20(15-11-19)22(23)24-21-16-12-18(13-17-21)8-6-4-2/h12-13,16-17,19-20H,3-11,14-15H2,1-2H3. The fraction of sp³-hybridized carbons (Fsp3) is 0.682. The molecule has 2 nitrogen and oxygen atoms in total. The van der Waals surface area contributed by atoms with Crippen LogP contribution >= 0.6 is 0 Å². The van der Waals surface area contributed by atoms with Crippen molar-refractivity contribution >= 4 is 5.97 Å². The van der Waals surface area contributed by atoms with Gasteiger partial charge in [-0.15, -0.1) is 0 Å². The molecule has 0 atom stereocenters. The van der Waals surface area contributed by atoms with Crippen molar-refractivity contribution < 1.29 is 9.53 Å². The van der Waals surface area contributed by atoms with Crippen LogP contribution in [0, 0.1) is 11.8 Å². The lowest BCUT2D eigenvalue weighted by Gasteiger charge is -2.27. The molecule has 1 aliphatic carbocycles. The maximum Gasteiger partial charge on any atom is 0.314 e. The molecule has 1 aromatic carbocycles. The zero-order chi connectivity index (χ0) is 17.2. The van der Waals surface area contributed by atoms with Crippen LogP contribution in [-0.2, 0) is 11.2 Å². The van der Waals surface area contributed by atoms with Gasteiger partial charge in [0.2, 0.25) is 0 Å². The third-order valence-electron chi connectivity index (χ3n) is 5.36. The molecule has 0 aromatic heterocycles. The van der Waals surface area contributed by atoms with Gasteiger partial charge >= 0.3 is 5.97 Å². The van der Waals surface area contributed by atoms with Gasteiger partial charge in [0.1, 0.15) is 5.75 Å². The number of unbranched alkanes of at least 4 members (excludes halogenated alkanes) is 3. The van der Waals surface area contributed by atoms with Crippen molar-refractivity contribution in [2.75, 3.05) is 0 Å². The Kier molecular flexibility index (Phi) is 8.35. The Balaban J connectivity index is 1.73. The van der Waals surface area contributed by atoms with Crippen molar-refractivity contribution in [1.29, 1.82) is 0 Å². The third-order valence-corrected chi connectivity index (χ3v) is 5.36. The van der Waals surface area contributed by atoms with Gasteiger partial charge in [0, 0.05) is 0 Å². The molecule has 0 bridgehead atoms.